The molecule has 33 heavy (non-hydrogen) atoms. The van der Waals surface area contributed by atoms with Gasteiger partial charge >= 0.3 is 0 Å². The fourth-order valence-corrected chi connectivity index (χ4v) is 3.69. The summed E-state index contributed by atoms with van der Waals surface area (Å²) < 4.78 is 11.2. The number of piperazine rings is 1. The topological polar surface area (TPSA) is 61.4 Å². The van der Waals surface area contributed by atoms with Crippen LogP contribution in [0.15, 0.2) is 29.3 Å². The summed E-state index contributed by atoms with van der Waals surface area (Å²) in [6.45, 7) is 18.3. The monoisotopic (exact) mass is 575 g/mol. The van der Waals surface area contributed by atoms with E-state index in [0.717, 1.165) is 77.8 Å². The zero-order valence-electron chi connectivity index (χ0n) is 21.0. The molecule has 1 aliphatic heterocycles. The van der Waals surface area contributed by atoms with Crippen molar-refractivity contribution in [2.45, 2.75) is 46.7 Å². The van der Waals surface area contributed by atoms with E-state index in [1.807, 2.05) is 0 Å². The van der Waals surface area contributed by atoms with Gasteiger partial charge in [0.2, 0.25) is 0 Å². The maximum absolute atomic E-state index is 5.65. The van der Waals surface area contributed by atoms with E-state index in [1.165, 1.54) is 11.1 Å². The van der Waals surface area contributed by atoms with Gasteiger partial charge in [-0.3, -0.25) is 4.90 Å². The van der Waals surface area contributed by atoms with Crippen LogP contribution in [-0.2, 0) is 22.6 Å². The molecule has 2 N–H and O–H groups in total. The standard InChI is InChI=1S/C25H45N5O2.HI/c1-4-7-17-31-19-20-32-18-12-27-25(26-5-2)28-21-23-10-8-9-11-24(23)22-30-15-13-29(6-3)14-16-30;/h8-11H,4-7,12-22H2,1-3H3,(H2,26,27,28);1H. The zero-order valence-corrected chi connectivity index (χ0v) is 23.3. The molecule has 0 aliphatic carbocycles. The molecule has 1 fully saturated rings. The molecule has 2 rings (SSSR count). The Labute approximate surface area is 218 Å². The van der Waals surface area contributed by atoms with Crippen molar-refractivity contribution in [3.63, 3.8) is 0 Å². The summed E-state index contributed by atoms with van der Waals surface area (Å²) in [5.74, 6) is 0.835. The first kappa shape index (κ1) is 30.1. The van der Waals surface area contributed by atoms with Crippen LogP contribution in [-0.4, -0.2) is 88.0 Å². The lowest BCUT2D eigenvalue weighted by atomic mass is 10.1. The van der Waals surface area contributed by atoms with Crippen LogP contribution in [0.3, 0.4) is 0 Å². The molecule has 1 aromatic carbocycles. The minimum atomic E-state index is 0. The Morgan fingerprint density at radius 1 is 0.879 bits per heavy atom. The highest BCUT2D eigenvalue weighted by atomic mass is 127. The predicted octanol–water partition coefficient (Wildman–Crippen LogP) is 3.33. The maximum Gasteiger partial charge on any atom is 0.191 e. The van der Waals surface area contributed by atoms with Crippen molar-refractivity contribution in [1.82, 2.24) is 20.4 Å². The SMILES string of the molecule is CCCCOCCOCCNC(=NCc1ccccc1CN1CCN(CC)CC1)NCC.I. The van der Waals surface area contributed by atoms with Crippen LogP contribution in [0.5, 0.6) is 0 Å². The van der Waals surface area contributed by atoms with Gasteiger partial charge in [-0.15, -0.1) is 24.0 Å². The Hall–Kier alpha value is -0.940. The highest BCUT2D eigenvalue weighted by Crippen LogP contribution is 2.14. The zero-order chi connectivity index (χ0) is 22.9. The van der Waals surface area contributed by atoms with Gasteiger partial charge in [-0.25, -0.2) is 4.99 Å². The fourth-order valence-electron chi connectivity index (χ4n) is 3.69. The molecule has 7 nitrogen and oxygen atoms in total. The van der Waals surface area contributed by atoms with Gasteiger partial charge in [0.25, 0.3) is 0 Å². The summed E-state index contributed by atoms with van der Waals surface area (Å²) in [5.41, 5.74) is 2.67. The quantitative estimate of drug-likeness (QED) is 0.145. The van der Waals surface area contributed by atoms with Crippen molar-refractivity contribution < 1.29 is 9.47 Å². The van der Waals surface area contributed by atoms with Crippen molar-refractivity contribution >= 4 is 29.9 Å². The fraction of sp³-hybridized carbons (Fsp3) is 0.720. The number of guanidine groups is 1. The van der Waals surface area contributed by atoms with E-state index in [-0.39, 0.29) is 24.0 Å². The second-order valence-electron chi connectivity index (χ2n) is 8.18. The van der Waals surface area contributed by atoms with Crippen LogP contribution in [0.25, 0.3) is 0 Å². The molecule has 0 atom stereocenters. The number of benzene rings is 1. The van der Waals surface area contributed by atoms with E-state index in [4.69, 9.17) is 14.5 Å². The van der Waals surface area contributed by atoms with Crippen LogP contribution in [0, 0.1) is 0 Å². The first-order valence-electron chi connectivity index (χ1n) is 12.5. The Bertz CT molecular complexity index is 639. The van der Waals surface area contributed by atoms with Gasteiger partial charge in [0.15, 0.2) is 5.96 Å². The molecular formula is C25H46IN5O2. The number of hydrogen-bond donors (Lipinski definition) is 2. The third kappa shape index (κ3) is 12.9. The third-order valence-electron chi connectivity index (χ3n) is 5.73. The van der Waals surface area contributed by atoms with E-state index >= 15 is 0 Å². The van der Waals surface area contributed by atoms with Crippen molar-refractivity contribution in [2.75, 3.05) is 72.2 Å². The average Bonchev–Trinajstić information content (AvgIpc) is 2.82. The predicted molar refractivity (Wildman–Crippen MR) is 149 cm³/mol. The maximum atomic E-state index is 5.65. The lowest BCUT2D eigenvalue weighted by molar-refractivity contribution is 0.0487. The first-order chi connectivity index (χ1) is 15.8. The molecule has 1 saturated heterocycles. The van der Waals surface area contributed by atoms with Crippen LogP contribution >= 0.6 is 24.0 Å². The summed E-state index contributed by atoms with van der Waals surface area (Å²) in [6, 6.07) is 8.69. The minimum Gasteiger partial charge on any atom is -0.379 e. The van der Waals surface area contributed by atoms with E-state index < -0.39 is 0 Å². The van der Waals surface area contributed by atoms with Crippen LogP contribution < -0.4 is 10.6 Å². The number of ether oxygens (including phenoxy) is 2. The lowest BCUT2D eigenvalue weighted by Crippen LogP contribution is -2.45. The largest absolute Gasteiger partial charge is 0.379 e. The van der Waals surface area contributed by atoms with E-state index in [9.17, 15) is 0 Å². The molecule has 0 spiro atoms. The van der Waals surface area contributed by atoms with Gasteiger partial charge in [-0.2, -0.15) is 0 Å². The van der Waals surface area contributed by atoms with Gasteiger partial charge in [-0.05, 0) is 31.0 Å². The molecular weight excluding hydrogens is 529 g/mol. The summed E-state index contributed by atoms with van der Waals surface area (Å²) in [7, 11) is 0. The molecule has 8 heteroatoms. The van der Waals surface area contributed by atoms with Crippen molar-refractivity contribution in [2.24, 2.45) is 4.99 Å². The number of nitrogens with zero attached hydrogens (tertiary/aromatic N) is 3. The number of aliphatic imine (C=N–C) groups is 1. The molecule has 0 unspecified atom stereocenters. The summed E-state index contributed by atoms with van der Waals surface area (Å²) in [4.78, 5) is 9.89. The Morgan fingerprint density at radius 3 is 2.21 bits per heavy atom. The minimum absolute atomic E-state index is 0. The third-order valence-corrected chi connectivity index (χ3v) is 5.73. The number of rotatable bonds is 15. The Balaban J connectivity index is 0.00000544. The summed E-state index contributed by atoms with van der Waals surface area (Å²) in [6.07, 6.45) is 2.28. The van der Waals surface area contributed by atoms with Gasteiger partial charge in [0.05, 0.1) is 26.4 Å². The molecule has 0 radical (unpaired) electrons. The van der Waals surface area contributed by atoms with E-state index in [0.29, 0.717) is 26.4 Å². The van der Waals surface area contributed by atoms with Crippen LogP contribution in [0.1, 0.15) is 44.7 Å². The van der Waals surface area contributed by atoms with Gasteiger partial charge in [0.1, 0.15) is 0 Å². The van der Waals surface area contributed by atoms with Gasteiger partial charge in [-0.1, -0.05) is 44.5 Å². The Kier molecular flexibility index (Phi) is 17.7. The molecule has 1 aromatic rings. The van der Waals surface area contributed by atoms with Crippen molar-refractivity contribution in [1.29, 1.82) is 0 Å². The number of unbranched alkanes of at least 4 members (excludes halogenated alkanes) is 1. The average molecular weight is 576 g/mol. The molecule has 0 bridgehead atoms. The molecule has 0 saturated carbocycles. The molecule has 0 aromatic heterocycles. The Morgan fingerprint density at radius 2 is 1.55 bits per heavy atom. The van der Waals surface area contributed by atoms with Gasteiger partial charge in [0, 0.05) is 52.4 Å². The summed E-state index contributed by atoms with van der Waals surface area (Å²) in [5, 5.41) is 6.70. The number of halogens is 1. The lowest BCUT2D eigenvalue weighted by Gasteiger charge is -2.34. The van der Waals surface area contributed by atoms with Crippen molar-refractivity contribution in [3.8, 4) is 0 Å². The smallest absolute Gasteiger partial charge is 0.191 e. The highest BCUT2D eigenvalue weighted by molar-refractivity contribution is 14.0. The van der Waals surface area contributed by atoms with Crippen LogP contribution in [0.4, 0.5) is 0 Å². The normalized spacial score (nSPS) is 15.3. The second kappa shape index (κ2) is 19.4. The molecule has 1 aliphatic rings. The molecule has 190 valence electrons. The van der Waals surface area contributed by atoms with Crippen molar-refractivity contribution in [3.05, 3.63) is 35.4 Å². The number of nitrogens with one attached hydrogen (secondary N) is 2. The number of likely N-dealkylation sites (N-methyl/N-ethyl adjacent to an activating group) is 1. The first-order valence-corrected chi connectivity index (χ1v) is 12.5. The molecule has 1 heterocycles. The van der Waals surface area contributed by atoms with Gasteiger partial charge < -0.3 is 25.0 Å². The van der Waals surface area contributed by atoms with E-state index in [1.54, 1.807) is 0 Å². The van der Waals surface area contributed by atoms with E-state index in [2.05, 4.69) is 65.5 Å². The second-order valence-corrected chi connectivity index (χ2v) is 8.18. The van der Waals surface area contributed by atoms with Crippen LogP contribution in [0.2, 0.25) is 0 Å². The summed E-state index contributed by atoms with van der Waals surface area (Å²) >= 11 is 0. The highest BCUT2D eigenvalue weighted by Gasteiger charge is 2.16. The molecule has 0 amide bonds. The number of hydrogen-bond acceptors (Lipinski definition) is 5.